The molecule has 1 heterocycles. The number of hydrogen-bond donors (Lipinski definition) is 0. The summed E-state index contributed by atoms with van der Waals surface area (Å²) in [7, 11) is 0. The molecule has 0 fully saturated rings. The van der Waals surface area contributed by atoms with Crippen LogP contribution in [0.1, 0.15) is 5.69 Å². The van der Waals surface area contributed by atoms with Gasteiger partial charge in [0.05, 0.1) is 5.52 Å². The second kappa shape index (κ2) is 4.71. The van der Waals surface area contributed by atoms with Gasteiger partial charge in [0, 0.05) is 11.1 Å². The Hall–Kier alpha value is -2.67. The Morgan fingerprint density at radius 3 is 2.38 bits per heavy atom. The van der Waals surface area contributed by atoms with Crippen molar-refractivity contribution in [3.63, 3.8) is 0 Å². The van der Waals surface area contributed by atoms with Crippen LogP contribution in [0, 0.1) is 6.92 Å². The topological polar surface area (TPSA) is 12.9 Å². The molecule has 0 amide bonds. The molecular weight excluding hydrogens is 254 g/mol. The lowest BCUT2D eigenvalue weighted by atomic mass is 9.98. The molecule has 0 saturated heterocycles. The predicted molar refractivity (Wildman–Crippen MR) is 89.4 cm³/mol. The summed E-state index contributed by atoms with van der Waals surface area (Å²) in [5, 5.41) is 3.75. The van der Waals surface area contributed by atoms with E-state index in [-0.39, 0.29) is 0 Å². The molecule has 0 saturated carbocycles. The molecule has 1 nitrogen and oxygen atoms in total. The molecule has 0 atom stereocenters. The van der Waals surface area contributed by atoms with Crippen LogP contribution in [-0.2, 0) is 0 Å². The maximum atomic E-state index is 4.62. The normalized spacial score (nSPS) is 11.1. The molecule has 4 aromatic rings. The Balaban J connectivity index is 2.03. The number of nitrogens with zero attached hydrogens (tertiary/aromatic N) is 1. The van der Waals surface area contributed by atoms with Crippen molar-refractivity contribution in [1.82, 2.24) is 4.98 Å². The summed E-state index contributed by atoms with van der Waals surface area (Å²) in [5.74, 6) is 0. The molecule has 0 spiro atoms. The first-order chi connectivity index (χ1) is 10.3. The minimum Gasteiger partial charge on any atom is -0.253 e. The standard InChI is InChI=1S/C20H15N/c1-14-12-19(18-8-4-5-9-20(18)21-14)17-11-10-15-6-2-3-7-16(15)13-17/h2-13H,1H3. The number of aryl methyl sites for hydroxylation is 1. The highest BCUT2D eigenvalue weighted by atomic mass is 14.7. The second-order valence-electron chi connectivity index (χ2n) is 5.39. The van der Waals surface area contributed by atoms with E-state index in [1.807, 2.05) is 6.07 Å². The first-order valence-corrected chi connectivity index (χ1v) is 7.17. The molecule has 100 valence electrons. The van der Waals surface area contributed by atoms with Gasteiger partial charge in [0.15, 0.2) is 0 Å². The summed E-state index contributed by atoms with van der Waals surface area (Å²) in [6.07, 6.45) is 0. The number of aromatic nitrogens is 1. The number of benzene rings is 3. The van der Waals surface area contributed by atoms with Crippen molar-refractivity contribution in [2.75, 3.05) is 0 Å². The van der Waals surface area contributed by atoms with E-state index in [0.717, 1.165) is 11.2 Å². The third-order valence-electron chi connectivity index (χ3n) is 3.90. The van der Waals surface area contributed by atoms with Crippen LogP contribution in [0.15, 0.2) is 72.8 Å². The molecule has 0 aliphatic carbocycles. The lowest BCUT2D eigenvalue weighted by Gasteiger charge is -2.09. The van der Waals surface area contributed by atoms with Gasteiger partial charge in [-0.25, -0.2) is 0 Å². The van der Waals surface area contributed by atoms with Crippen LogP contribution in [0.25, 0.3) is 32.8 Å². The van der Waals surface area contributed by atoms with E-state index in [1.165, 1.54) is 27.3 Å². The zero-order valence-corrected chi connectivity index (χ0v) is 11.9. The van der Waals surface area contributed by atoms with Crippen molar-refractivity contribution in [2.24, 2.45) is 0 Å². The summed E-state index contributed by atoms with van der Waals surface area (Å²) in [6, 6.07) is 25.6. The van der Waals surface area contributed by atoms with Crippen molar-refractivity contribution in [2.45, 2.75) is 6.92 Å². The van der Waals surface area contributed by atoms with Gasteiger partial charge in [-0.1, -0.05) is 54.6 Å². The summed E-state index contributed by atoms with van der Waals surface area (Å²) < 4.78 is 0. The molecule has 1 aromatic heterocycles. The zero-order chi connectivity index (χ0) is 14.2. The van der Waals surface area contributed by atoms with E-state index in [9.17, 15) is 0 Å². The largest absolute Gasteiger partial charge is 0.253 e. The van der Waals surface area contributed by atoms with Crippen LogP contribution >= 0.6 is 0 Å². The number of fused-ring (bicyclic) bond motifs is 2. The number of hydrogen-bond acceptors (Lipinski definition) is 1. The molecule has 21 heavy (non-hydrogen) atoms. The van der Waals surface area contributed by atoms with Gasteiger partial charge < -0.3 is 0 Å². The maximum Gasteiger partial charge on any atom is 0.0711 e. The molecule has 0 bridgehead atoms. The molecular formula is C20H15N. The Kier molecular flexibility index (Phi) is 2.71. The van der Waals surface area contributed by atoms with E-state index in [1.54, 1.807) is 0 Å². The molecule has 4 rings (SSSR count). The lowest BCUT2D eigenvalue weighted by Crippen LogP contribution is -1.88. The Labute approximate surface area is 123 Å². The molecule has 0 N–H and O–H groups in total. The Morgan fingerprint density at radius 1 is 0.714 bits per heavy atom. The molecule has 0 aliphatic heterocycles. The van der Waals surface area contributed by atoms with E-state index in [2.05, 4.69) is 78.6 Å². The van der Waals surface area contributed by atoms with Crippen molar-refractivity contribution < 1.29 is 0 Å². The van der Waals surface area contributed by atoms with Crippen LogP contribution < -0.4 is 0 Å². The minimum atomic E-state index is 1.05. The number of rotatable bonds is 1. The third-order valence-corrected chi connectivity index (χ3v) is 3.90. The van der Waals surface area contributed by atoms with E-state index >= 15 is 0 Å². The summed E-state index contributed by atoms with van der Waals surface area (Å²) in [5.41, 5.74) is 4.61. The minimum absolute atomic E-state index is 1.05. The summed E-state index contributed by atoms with van der Waals surface area (Å²) in [4.78, 5) is 4.62. The molecule has 3 aromatic carbocycles. The van der Waals surface area contributed by atoms with Gasteiger partial charge in [0.2, 0.25) is 0 Å². The van der Waals surface area contributed by atoms with Crippen LogP contribution in [0.3, 0.4) is 0 Å². The van der Waals surface area contributed by atoms with Crippen LogP contribution in [0.5, 0.6) is 0 Å². The first kappa shape index (κ1) is 12.1. The van der Waals surface area contributed by atoms with E-state index in [0.29, 0.717) is 0 Å². The highest BCUT2D eigenvalue weighted by molar-refractivity contribution is 5.97. The van der Waals surface area contributed by atoms with Gasteiger partial charge in [0.1, 0.15) is 0 Å². The van der Waals surface area contributed by atoms with Gasteiger partial charge in [-0.2, -0.15) is 0 Å². The van der Waals surface area contributed by atoms with Gasteiger partial charge in [-0.15, -0.1) is 0 Å². The van der Waals surface area contributed by atoms with E-state index in [4.69, 9.17) is 0 Å². The van der Waals surface area contributed by atoms with Crippen LogP contribution in [-0.4, -0.2) is 4.98 Å². The van der Waals surface area contributed by atoms with Gasteiger partial charge >= 0.3 is 0 Å². The average molecular weight is 269 g/mol. The number of para-hydroxylation sites is 1. The fraction of sp³-hybridized carbons (Fsp3) is 0.0500. The smallest absolute Gasteiger partial charge is 0.0711 e. The van der Waals surface area contributed by atoms with Crippen molar-refractivity contribution in [3.8, 4) is 11.1 Å². The Bertz CT molecular complexity index is 954. The fourth-order valence-corrected chi connectivity index (χ4v) is 2.90. The highest BCUT2D eigenvalue weighted by Crippen LogP contribution is 2.30. The number of pyridine rings is 1. The molecule has 0 aliphatic rings. The van der Waals surface area contributed by atoms with E-state index < -0.39 is 0 Å². The molecule has 0 radical (unpaired) electrons. The fourth-order valence-electron chi connectivity index (χ4n) is 2.90. The predicted octanol–water partition coefficient (Wildman–Crippen LogP) is 5.36. The van der Waals surface area contributed by atoms with Gasteiger partial charge in [0.25, 0.3) is 0 Å². The van der Waals surface area contributed by atoms with Crippen molar-refractivity contribution in [1.29, 1.82) is 0 Å². The third kappa shape index (κ3) is 2.07. The second-order valence-corrected chi connectivity index (χ2v) is 5.39. The maximum absolute atomic E-state index is 4.62. The molecule has 0 unspecified atom stereocenters. The summed E-state index contributed by atoms with van der Waals surface area (Å²) >= 11 is 0. The molecule has 1 heteroatoms. The van der Waals surface area contributed by atoms with Gasteiger partial charge in [-0.3, -0.25) is 4.98 Å². The lowest BCUT2D eigenvalue weighted by molar-refractivity contribution is 1.26. The monoisotopic (exact) mass is 269 g/mol. The average Bonchev–Trinajstić information content (AvgIpc) is 2.53. The van der Waals surface area contributed by atoms with Gasteiger partial charge in [-0.05, 0) is 47.0 Å². The van der Waals surface area contributed by atoms with Crippen molar-refractivity contribution >= 4 is 21.7 Å². The highest BCUT2D eigenvalue weighted by Gasteiger charge is 2.06. The zero-order valence-electron chi connectivity index (χ0n) is 11.9. The van der Waals surface area contributed by atoms with Crippen molar-refractivity contribution in [3.05, 3.63) is 78.5 Å². The van der Waals surface area contributed by atoms with Crippen LogP contribution in [0.4, 0.5) is 0 Å². The quantitative estimate of drug-likeness (QED) is 0.453. The Morgan fingerprint density at radius 2 is 1.48 bits per heavy atom. The van der Waals surface area contributed by atoms with Crippen LogP contribution in [0.2, 0.25) is 0 Å². The summed E-state index contributed by atoms with van der Waals surface area (Å²) in [6.45, 7) is 2.05. The SMILES string of the molecule is Cc1cc(-c2ccc3ccccc3c2)c2ccccc2n1. The first-order valence-electron chi connectivity index (χ1n) is 7.17.